The number of hydrogen-bond acceptors (Lipinski definition) is 7. The maximum absolute atomic E-state index is 13.7. The van der Waals surface area contributed by atoms with Crippen molar-refractivity contribution >= 4 is 11.9 Å². The second-order valence-corrected chi connectivity index (χ2v) is 9.99. The zero-order valence-electron chi connectivity index (χ0n) is 17.6. The van der Waals surface area contributed by atoms with Crippen LogP contribution in [0, 0.1) is 23.2 Å². The first-order chi connectivity index (χ1) is 14.5. The standard InChI is InChI=1S/C21H31N5O4/c1-2-3-26-18(22-23-24-26)12-30-19(28)17-7-16(27)11-25(17)20(29)21-8-13-4-14(9-21)6-15(5-13)10-21/h13-17,27H,2-12H2,1H3/t13?,14?,15?,16?,17-,21?/m0/s1. The molecule has 4 aliphatic carbocycles. The van der Waals surface area contributed by atoms with Gasteiger partial charge in [0.1, 0.15) is 6.04 Å². The number of aromatic nitrogens is 4. The number of esters is 1. The SMILES string of the molecule is CCCn1nnnc1COC(=O)[C@@H]1CC(O)CN1C(=O)C12CC3CC(CC(C3)C1)C2. The summed E-state index contributed by atoms with van der Waals surface area (Å²) < 4.78 is 7.12. The van der Waals surface area contributed by atoms with Gasteiger partial charge in [0.15, 0.2) is 12.4 Å². The number of aliphatic hydroxyl groups is 1. The van der Waals surface area contributed by atoms with Gasteiger partial charge < -0.3 is 14.7 Å². The van der Waals surface area contributed by atoms with E-state index in [-0.39, 0.29) is 30.9 Å². The average Bonchev–Trinajstić information content (AvgIpc) is 3.31. The fourth-order valence-electron chi connectivity index (χ4n) is 6.88. The van der Waals surface area contributed by atoms with E-state index in [1.807, 2.05) is 6.92 Å². The highest BCUT2D eigenvalue weighted by Crippen LogP contribution is 2.60. The number of hydrogen-bond donors (Lipinski definition) is 1. The summed E-state index contributed by atoms with van der Waals surface area (Å²) in [5.41, 5.74) is -0.331. The largest absolute Gasteiger partial charge is 0.456 e. The van der Waals surface area contributed by atoms with Crippen LogP contribution in [0.4, 0.5) is 0 Å². The molecule has 0 spiro atoms. The molecule has 1 amide bonds. The Bertz CT molecular complexity index is 789. The quantitative estimate of drug-likeness (QED) is 0.695. The smallest absolute Gasteiger partial charge is 0.329 e. The van der Waals surface area contributed by atoms with Crippen LogP contribution in [0.3, 0.4) is 0 Å². The Morgan fingerprint density at radius 3 is 2.43 bits per heavy atom. The Hall–Kier alpha value is -2.03. The lowest BCUT2D eigenvalue weighted by Gasteiger charge is -2.56. The van der Waals surface area contributed by atoms with E-state index in [4.69, 9.17) is 4.74 Å². The first kappa shape index (κ1) is 19.9. The Balaban J connectivity index is 1.28. The molecule has 0 radical (unpaired) electrons. The number of carbonyl (C=O) groups excluding carboxylic acids is 2. The van der Waals surface area contributed by atoms with Gasteiger partial charge in [-0.15, -0.1) is 5.10 Å². The fraction of sp³-hybridized carbons (Fsp3) is 0.857. The number of rotatable bonds is 6. The summed E-state index contributed by atoms with van der Waals surface area (Å²) >= 11 is 0. The van der Waals surface area contributed by atoms with Crippen molar-refractivity contribution in [3.63, 3.8) is 0 Å². The van der Waals surface area contributed by atoms with Crippen LogP contribution < -0.4 is 0 Å². The maximum Gasteiger partial charge on any atom is 0.329 e. The van der Waals surface area contributed by atoms with Gasteiger partial charge in [-0.1, -0.05) is 6.92 Å². The van der Waals surface area contributed by atoms with Gasteiger partial charge in [-0.2, -0.15) is 0 Å². The minimum absolute atomic E-state index is 0.0299. The van der Waals surface area contributed by atoms with Crippen LogP contribution in [0.2, 0.25) is 0 Å². The van der Waals surface area contributed by atoms with E-state index < -0.39 is 18.1 Å². The van der Waals surface area contributed by atoms with Crippen molar-refractivity contribution < 1.29 is 19.4 Å². The molecule has 1 saturated heterocycles. The molecule has 164 valence electrons. The van der Waals surface area contributed by atoms with Gasteiger partial charge in [0.2, 0.25) is 5.91 Å². The minimum atomic E-state index is -0.726. The molecule has 1 aromatic heterocycles. The number of carbonyl (C=O) groups is 2. The zero-order valence-corrected chi connectivity index (χ0v) is 17.6. The molecular formula is C21H31N5O4. The Labute approximate surface area is 176 Å². The van der Waals surface area contributed by atoms with E-state index in [1.165, 1.54) is 19.3 Å². The zero-order chi connectivity index (χ0) is 20.9. The van der Waals surface area contributed by atoms with E-state index in [0.717, 1.165) is 25.7 Å². The second kappa shape index (κ2) is 7.59. The molecule has 2 atom stereocenters. The lowest BCUT2D eigenvalue weighted by molar-refractivity contribution is -0.166. The molecule has 30 heavy (non-hydrogen) atoms. The summed E-state index contributed by atoms with van der Waals surface area (Å²) in [6, 6.07) is -0.726. The van der Waals surface area contributed by atoms with Crippen LogP contribution in [-0.4, -0.2) is 60.8 Å². The van der Waals surface area contributed by atoms with Crippen molar-refractivity contribution in [1.82, 2.24) is 25.1 Å². The monoisotopic (exact) mass is 417 g/mol. The molecule has 1 aliphatic heterocycles. The van der Waals surface area contributed by atoms with Crippen molar-refractivity contribution in [3.05, 3.63) is 5.82 Å². The molecule has 4 saturated carbocycles. The third kappa shape index (κ3) is 3.40. The number of likely N-dealkylation sites (tertiary alicyclic amines) is 1. The van der Waals surface area contributed by atoms with Gasteiger partial charge in [-0.3, -0.25) is 4.79 Å². The Morgan fingerprint density at radius 2 is 1.80 bits per heavy atom. The molecule has 2 heterocycles. The predicted molar refractivity (Wildman–Crippen MR) is 105 cm³/mol. The fourth-order valence-corrected chi connectivity index (χ4v) is 6.88. The minimum Gasteiger partial charge on any atom is -0.456 e. The normalized spacial score (nSPS) is 37.0. The van der Waals surface area contributed by atoms with Crippen molar-refractivity contribution in [2.75, 3.05) is 6.54 Å². The molecule has 0 aromatic carbocycles. The predicted octanol–water partition coefficient (Wildman–Crippen LogP) is 1.30. The van der Waals surface area contributed by atoms with Crippen LogP contribution in [0.1, 0.15) is 64.1 Å². The van der Waals surface area contributed by atoms with Gasteiger partial charge in [-0.25, -0.2) is 9.48 Å². The molecule has 1 unspecified atom stereocenters. The summed E-state index contributed by atoms with van der Waals surface area (Å²) in [5.74, 6) is 2.02. The molecular weight excluding hydrogens is 386 g/mol. The van der Waals surface area contributed by atoms with Crippen LogP contribution in [-0.2, 0) is 27.5 Å². The summed E-state index contributed by atoms with van der Waals surface area (Å²) in [6.45, 7) is 2.86. The summed E-state index contributed by atoms with van der Waals surface area (Å²) in [7, 11) is 0. The van der Waals surface area contributed by atoms with Crippen LogP contribution in [0.25, 0.3) is 0 Å². The van der Waals surface area contributed by atoms with Gasteiger partial charge in [0.25, 0.3) is 0 Å². The molecule has 1 N–H and O–H groups in total. The number of tetrazole rings is 1. The van der Waals surface area contributed by atoms with E-state index in [9.17, 15) is 14.7 Å². The van der Waals surface area contributed by atoms with Gasteiger partial charge in [0, 0.05) is 19.5 Å². The van der Waals surface area contributed by atoms with Gasteiger partial charge >= 0.3 is 5.97 Å². The first-order valence-electron chi connectivity index (χ1n) is 11.4. The number of β-amino-alcohol motifs (C(OH)–C–C–N with tert-alkyl or cyclic N) is 1. The number of aliphatic hydroxyl groups excluding tert-OH is 1. The van der Waals surface area contributed by atoms with Crippen molar-refractivity contribution in [3.8, 4) is 0 Å². The number of aryl methyl sites for hydroxylation is 1. The summed E-state index contributed by atoms with van der Waals surface area (Å²) in [6.07, 6.45) is 7.01. The Morgan fingerprint density at radius 1 is 1.13 bits per heavy atom. The number of ether oxygens (including phenoxy) is 1. The van der Waals surface area contributed by atoms with Crippen molar-refractivity contribution in [2.24, 2.45) is 23.2 Å². The summed E-state index contributed by atoms with van der Waals surface area (Å²) in [4.78, 5) is 28.2. The second-order valence-electron chi connectivity index (χ2n) is 9.99. The molecule has 5 aliphatic rings. The number of amides is 1. The highest BCUT2D eigenvalue weighted by Gasteiger charge is 2.57. The van der Waals surface area contributed by atoms with E-state index in [1.54, 1.807) is 9.58 Å². The summed E-state index contributed by atoms with van der Waals surface area (Å²) in [5, 5.41) is 21.7. The molecule has 4 bridgehead atoms. The lowest BCUT2D eigenvalue weighted by atomic mass is 9.49. The van der Waals surface area contributed by atoms with Gasteiger partial charge in [-0.05, 0) is 73.1 Å². The molecule has 9 nitrogen and oxygen atoms in total. The van der Waals surface area contributed by atoms with Gasteiger partial charge in [0.05, 0.1) is 11.5 Å². The first-order valence-corrected chi connectivity index (χ1v) is 11.4. The van der Waals surface area contributed by atoms with Crippen molar-refractivity contribution in [1.29, 1.82) is 0 Å². The number of nitrogens with zero attached hydrogens (tertiary/aromatic N) is 5. The molecule has 5 fully saturated rings. The van der Waals surface area contributed by atoms with E-state index >= 15 is 0 Å². The van der Waals surface area contributed by atoms with Crippen LogP contribution >= 0.6 is 0 Å². The topological polar surface area (TPSA) is 110 Å². The van der Waals surface area contributed by atoms with E-state index in [0.29, 0.717) is 30.1 Å². The van der Waals surface area contributed by atoms with Crippen LogP contribution in [0.15, 0.2) is 0 Å². The lowest BCUT2D eigenvalue weighted by Crippen LogP contribution is -2.56. The molecule has 9 heteroatoms. The average molecular weight is 418 g/mol. The third-order valence-corrected chi connectivity index (χ3v) is 7.69. The van der Waals surface area contributed by atoms with Crippen molar-refractivity contribution in [2.45, 2.75) is 83.6 Å². The maximum atomic E-state index is 13.7. The third-order valence-electron chi connectivity index (χ3n) is 7.69. The molecule has 1 aromatic rings. The highest BCUT2D eigenvalue weighted by atomic mass is 16.5. The van der Waals surface area contributed by atoms with E-state index in [2.05, 4.69) is 15.5 Å². The van der Waals surface area contributed by atoms with Crippen LogP contribution in [0.5, 0.6) is 0 Å². The highest BCUT2D eigenvalue weighted by molar-refractivity contribution is 5.89. The molecule has 6 rings (SSSR count). The Kier molecular flexibility index (Phi) is 5.03.